The summed E-state index contributed by atoms with van der Waals surface area (Å²) < 4.78 is 0. The molecule has 1 aromatic rings. The number of halogens is 1. The van der Waals surface area contributed by atoms with Crippen molar-refractivity contribution in [3.8, 4) is 5.75 Å². The summed E-state index contributed by atoms with van der Waals surface area (Å²) in [5.41, 5.74) is 5.26. The predicted octanol–water partition coefficient (Wildman–Crippen LogP) is 1.81. The normalized spacial score (nSPS) is 17.6. The van der Waals surface area contributed by atoms with Gasteiger partial charge in [0.1, 0.15) is 0 Å². The number of nitrogens with one attached hydrogen (secondary N) is 1. The van der Waals surface area contributed by atoms with Gasteiger partial charge in [-0.15, -0.1) is 12.4 Å². The Morgan fingerprint density at radius 2 is 2.06 bits per heavy atom. The first-order valence-corrected chi connectivity index (χ1v) is 5.86. The van der Waals surface area contributed by atoms with Crippen molar-refractivity contribution in [1.29, 1.82) is 0 Å². The van der Waals surface area contributed by atoms with Crippen LogP contribution in [0.1, 0.15) is 32.1 Å². The van der Waals surface area contributed by atoms with Gasteiger partial charge in [-0.25, -0.2) is 4.98 Å². The molecule has 1 heterocycles. The van der Waals surface area contributed by atoms with Gasteiger partial charge in [0.2, 0.25) is 5.91 Å². The summed E-state index contributed by atoms with van der Waals surface area (Å²) in [6.07, 6.45) is 5.95. The molecular weight excluding hydrogens is 254 g/mol. The highest BCUT2D eigenvalue weighted by Crippen LogP contribution is 2.28. The van der Waals surface area contributed by atoms with Crippen LogP contribution in [0.3, 0.4) is 0 Å². The number of carbonyl (C=O) groups is 1. The van der Waals surface area contributed by atoms with Crippen LogP contribution in [0.15, 0.2) is 18.3 Å². The predicted molar refractivity (Wildman–Crippen MR) is 71.8 cm³/mol. The summed E-state index contributed by atoms with van der Waals surface area (Å²) in [7, 11) is 0. The minimum absolute atomic E-state index is 0. The number of amides is 1. The van der Waals surface area contributed by atoms with Gasteiger partial charge >= 0.3 is 0 Å². The van der Waals surface area contributed by atoms with Crippen molar-refractivity contribution in [3.63, 3.8) is 0 Å². The smallest absolute Gasteiger partial charge is 0.245 e. The number of anilines is 1. The maximum Gasteiger partial charge on any atom is 0.245 e. The molecule has 0 radical (unpaired) electrons. The first-order valence-electron chi connectivity index (χ1n) is 5.86. The zero-order valence-corrected chi connectivity index (χ0v) is 10.9. The molecule has 1 aromatic heterocycles. The van der Waals surface area contributed by atoms with Gasteiger partial charge < -0.3 is 16.2 Å². The van der Waals surface area contributed by atoms with E-state index in [1.165, 1.54) is 12.3 Å². The third-order valence-electron chi connectivity index (χ3n) is 3.22. The Kier molecular flexibility index (Phi) is 4.93. The van der Waals surface area contributed by atoms with Crippen LogP contribution in [0.4, 0.5) is 5.82 Å². The first-order chi connectivity index (χ1) is 8.12. The Morgan fingerprint density at radius 1 is 1.39 bits per heavy atom. The van der Waals surface area contributed by atoms with Gasteiger partial charge in [-0.05, 0) is 25.0 Å². The molecule has 0 saturated heterocycles. The Bertz CT molecular complexity index is 420. The number of nitrogens with zero attached hydrogens (tertiary/aromatic N) is 1. The second-order valence-electron chi connectivity index (χ2n) is 4.54. The molecule has 1 aliphatic carbocycles. The average molecular weight is 272 g/mol. The summed E-state index contributed by atoms with van der Waals surface area (Å²) in [6.45, 7) is 0. The lowest BCUT2D eigenvalue weighted by Crippen LogP contribution is -2.52. The molecule has 1 aliphatic rings. The highest BCUT2D eigenvalue weighted by atomic mass is 35.5. The molecule has 0 unspecified atom stereocenters. The fraction of sp³-hybridized carbons (Fsp3) is 0.500. The van der Waals surface area contributed by atoms with Crippen LogP contribution < -0.4 is 11.1 Å². The molecule has 0 spiro atoms. The minimum Gasteiger partial charge on any atom is -0.504 e. The zero-order chi connectivity index (χ0) is 12.3. The lowest BCUT2D eigenvalue weighted by atomic mass is 9.82. The van der Waals surface area contributed by atoms with E-state index in [9.17, 15) is 9.90 Å². The van der Waals surface area contributed by atoms with E-state index < -0.39 is 5.54 Å². The molecular formula is C12H18ClN3O2. The third-order valence-corrected chi connectivity index (χ3v) is 3.22. The molecule has 6 heteroatoms. The van der Waals surface area contributed by atoms with Crippen LogP contribution >= 0.6 is 12.4 Å². The summed E-state index contributed by atoms with van der Waals surface area (Å²) in [6, 6.07) is 3.08. The fourth-order valence-electron chi connectivity index (χ4n) is 2.13. The molecule has 0 aromatic carbocycles. The van der Waals surface area contributed by atoms with Crippen molar-refractivity contribution in [3.05, 3.63) is 18.3 Å². The minimum atomic E-state index is -0.817. The van der Waals surface area contributed by atoms with E-state index in [0.29, 0.717) is 12.8 Å². The number of aromatic nitrogens is 1. The summed E-state index contributed by atoms with van der Waals surface area (Å²) in [5.74, 6) is -0.126. The standard InChI is InChI=1S/C12H17N3O2.ClH/c13-12(6-2-1-3-7-12)11(17)15-10-9(16)5-4-8-14-10;/h4-5,8,16H,1-3,6-7,13H2,(H,14,15,17);1H. The Balaban J connectivity index is 0.00000162. The van der Waals surface area contributed by atoms with Crippen molar-refractivity contribution in [1.82, 2.24) is 4.98 Å². The van der Waals surface area contributed by atoms with Crippen LogP contribution in [-0.2, 0) is 4.79 Å². The maximum atomic E-state index is 12.1. The number of pyridine rings is 1. The molecule has 4 N–H and O–H groups in total. The second kappa shape index (κ2) is 6.02. The maximum absolute atomic E-state index is 12.1. The number of hydrogen-bond donors (Lipinski definition) is 3. The highest BCUT2D eigenvalue weighted by molar-refractivity contribution is 5.98. The van der Waals surface area contributed by atoms with E-state index in [4.69, 9.17) is 5.73 Å². The van der Waals surface area contributed by atoms with Gasteiger partial charge in [-0.1, -0.05) is 19.3 Å². The lowest BCUT2D eigenvalue weighted by molar-refractivity contribution is -0.122. The molecule has 0 bridgehead atoms. The van der Waals surface area contributed by atoms with Crippen molar-refractivity contribution in [2.24, 2.45) is 5.73 Å². The number of nitrogens with two attached hydrogens (primary N) is 1. The Labute approximate surface area is 112 Å². The van der Waals surface area contributed by atoms with Crippen molar-refractivity contribution < 1.29 is 9.90 Å². The number of carbonyl (C=O) groups excluding carboxylic acids is 1. The van der Waals surface area contributed by atoms with E-state index in [2.05, 4.69) is 10.3 Å². The van der Waals surface area contributed by atoms with Crippen molar-refractivity contribution in [2.45, 2.75) is 37.6 Å². The molecule has 18 heavy (non-hydrogen) atoms. The third kappa shape index (κ3) is 3.11. The molecule has 5 nitrogen and oxygen atoms in total. The fourth-order valence-corrected chi connectivity index (χ4v) is 2.13. The van der Waals surface area contributed by atoms with Gasteiger partial charge in [0, 0.05) is 6.20 Å². The van der Waals surface area contributed by atoms with Crippen LogP contribution in [0.2, 0.25) is 0 Å². The van der Waals surface area contributed by atoms with E-state index in [0.717, 1.165) is 19.3 Å². The van der Waals surface area contributed by atoms with Crippen molar-refractivity contribution >= 4 is 24.1 Å². The molecule has 100 valence electrons. The SMILES string of the molecule is Cl.NC1(C(=O)Nc2ncccc2O)CCCCC1. The average Bonchev–Trinajstić information content (AvgIpc) is 2.33. The van der Waals surface area contributed by atoms with E-state index in [1.54, 1.807) is 6.07 Å². The molecule has 0 atom stereocenters. The number of aromatic hydroxyl groups is 1. The number of hydrogen-bond acceptors (Lipinski definition) is 4. The Hall–Kier alpha value is -1.33. The molecule has 0 aliphatic heterocycles. The summed E-state index contributed by atoms with van der Waals surface area (Å²) in [5, 5.41) is 12.1. The molecule has 1 saturated carbocycles. The van der Waals surface area contributed by atoms with Crippen LogP contribution in [-0.4, -0.2) is 21.5 Å². The highest BCUT2D eigenvalue weighted by Gasteiger charge is 2.35. The van der Waals surface area contributed by atoms with Gasteiger partial charge in [0.05, 0.1) is 5.54 Å². The van der Waals surface area contributed by atoms with Crippen molar-refractivity contribution in [2.75, 3.05) is 5.32 Å². The lowest BCUT2D eigenvalue weighted by Gasteiger charge is -2.31. The summed E-state index contributed by atoms with van der Waals surface area (Å²) >= 11 is 0. The topological polar surface area (TPSA) is 88.2 Å². The first kappa shape index (κ1) is 14.7. The Morgan fingerprint density at radius 3 is 2.67 bits per heavy atom. The van der Waals surface area contributed by atoms with Crippen LogP contribution in [0, 0.1) is 0 Å². The molecule has 1 fully saturated rings. The van der Waals surface area contributed by atoms with Crippen LogP contribution in [0.5, 0.6) is 5.75 Å². The zero-order valence-electron chi connectivity index (χ0n) is 10.1. The monoisotopic (exact) mass is 271 g/mol. The van der Waals surface area contributed by atoms with E-state index >= 15 is 0 Å². The van der Waals surface area contributed by atoms with E-state index in [1.807, 2.05) is 0 Å². The largest absolute Gasteiger partial charge is 0.504 e. The van der Waals surface area contributed by atoms with Gasteiger partial charge in [0.15, 0.2) is 11.6 Å². The quantitative estimate of drug-likeness (QED) is 0.765. The van der Waals surface area contributed by atoms with Gasteiger partial charge in [-0.3, -0.25) is 4.79 Å². The number of rotatable bonds is 2. The van der Waals surface area contributed by atoms with Gasteiger partial charge in [-0.2, -0.15) is 0 Å². The van der Waals surface area contributed by atoms with E-state index in [-0.39, 0.29) is 29.9 Å². The second-order valence-corrected chi connectivity index (χ2v) is 4.54. The van der Waals surface area contributed by atoms with Crippen LogP contribution in [0.25, 0.3) is 0 Å². The molecule has 1 amide bonds. The molecule has 2 rings (SSSR count). The van der Waals surface area contributed by atoms with Gasteiger partial charge in [0.25, 0.3) is 0 Å². The summed E-state index contributed by atoms with van der Waals surface area (Å²) in [4.78, 5) is 16.0.